The van der Waals surface area contributed by atoms with Crippen LogP contribution in [0.5, 0.6) is 0 Å². The van der Waals surface area contributed by atoms with E-state index in [1.54, 1.807) is 36.5 Å². The van der Waals surface area contributed by atoms with Crippen LogP contribution in [0.2, 0.25) is 0 Å². The summed E-state index contributed by atoms with van der Waals surface area (Å²) in [6, 6.07) is 3.53. The fourth-order valence-electron chi connectivity index (χ4n) is 1.50. The number of hydrogen-bond donors (Lipinski definition) is 1. The van der Waals surface area contributed by atoms with E-state index >= 15 is 0 Å². The van der Waals surface area contributed by atoms with Gasteiger partial charge in [-0.2, -0.15) is 0 Å². The van der Waals surface area contributed by atoms with Gasteiger partial charge in [0.25, 0.3) is 0 Å². The van der Waals surface area contributed by atoms with Crippen LogP contribution < -0.4 is 0 Å². The molecular formula is C13H19NO4. The molecule has 0 saturated carbocycles. The van der Waals surface area contributed by atoms with Gasteiger partial charge in [0.1, 0.15) is 5.76 Å². The molecule has 0 aliphatic heterocycles. The molecule has 100 valence electrons. The number of carbonyl (C=O) groups excluding carboxylic acids is 1. The second-order valence-electron chi connectivity index (χ2n) is 3.74. The largest absolute Gasteiger partial charge is 0.465 e. The Hall–Kier alpha value is -1.59. The summed E-state index contributed by atoms with van der Waals surface area (Å²) in [5.41, 5.74) is 0. The van der Waals surface area contributed by atoms with Gasteiger partial charge in [-0.3, -0.25) is 4.79 Å². The molecule has 0 aromatic carbocycles. The Balaban J connectivity index is 2.48. The normalized spacial score (nSPS) is 11.0. The van der Waals surface area contributed by atoms with E-state index < -0.39 is 0 Å². The van der Waals surface area contributed by atoms with Crippen molar-refractivity contribution in [1.82, 2.24) is 4.90 Å². The number of nitrogens with zero attached hydrogens (tertiary/aromatic N) is 1. The van der Waals surface area contributed by atoms with E-state index in [1.807, 2.05) is 0 Å². The molecule has 5 heteroatoms. The van der Waals surface area contributed by atoms with Gasteiger partial charge in [-0.1, -0.05) is 0 Å². The van der Waals surface area contributed by atoms with Crippen molar-refractivity contribution in [3.8, 4) is 0 Å². The van der Waals surface area contributed by atoms with Crippen molar-refractivity contribution in [3.63, 3.8) is 0 Å². The summed E-state index contributed by atoms with van der Waals surface area (Å²) in [6.45, 7) is 1.44. The molecule has 0 unspecified atom stereocenters. The molecule has 5 nitrogen and oxygen atoms in total. The number of carbonyl (C=O) groups is 1. The van der Waals surface area contributed by atoms with Crippen molar-refractivity contribution in [3.05, 3.63) is 30.2 Å². The lowest BCUT2D eigenvalue weighted by molar-refractivity contribution is -0.126. The van der Waals surface area contributed by atoms with Gasteiger partial charge in [0, 0.05) is 32.9 Å². The van der Waals surface area contributed by atoms with Crippen LogP contribution in [0.3, 0.4) is 0 Å². The van der Waals surface area contributed by atoms with E-state index in [1.165, 1.54) is 6.08 Å². The smallest absolute Gasteiger partial charge is 0.246 e. The van der Waals surface area contributed by atoms with Crippen LogP contribution in [0.4, 0.5) is 0 Å². The van der Waals surface area contributed by atoms with Crippen molar-refractivity contribution in [2.75, 3.05) is 33.4 Å². The van der Waals surface area contributed by atoms with Crippen molar-refractivity contribution >= 4 is 12.0 Å². The van der Waals surface area contributed by atoms with E-state index in [0.29, 0.717) is 25.5 Å². The molecule has 1 N–H and O–H groups in total. The summed E-state index contributed by atoms with van der Waals surface area (Å²) in [6.07, 6.45) is 5.36. The van der Waals surface area contributed by atoms with Crippen molar-refractivity contribution in [1.29, 1.82) is 0 Å². The first-order valence-electron chi connectivity index (χ1n) is 5.88. The summed E-state index contributed by atoms with van der Waals surface area (Å²) in [5.74, 6) is 0.487. The van der Waals surface area contributed by atoms with E-state index in [4.69, 9.17) is 14.3 Å². The zero-order valence-electron chi connectivity index (χ0n) is 10.5. The predicted molar refractivity (Wildman–Crippen MR) is 67.9 cm³/mol. The van der Waals surface area contributed by atoms with Crippen LogP contribution in [-0.2, 0) is 9.53 Å². The third-order valence-electron chi connectivity index (χ3n) is 2.39. The van der Waals surface area contributed by atoms with Crippen molar-refractivity contribution in [2.45, 2.75) is 6.42 Å². The number of aliphatic hydroxyl groups is 1. The monoisotopic (exact) mass is 253 g/mol. The topological polar surface area (TPSA) is 62.9 Å². The van der Waals surface area contributed by atoms with Crippen LogP contribution in [0.25, 0.3) is 6.08 Å². The fraction of sp³-hybridized carbons (Fsp3) is 0.462. The summed E-state index contributed by atoms with van der Waals surface area (Å²) in [7, 11) is 1.62. The zero-order chi connectivity index (χ0) is 13.2. The van der Waals surface area contributed by atoms with Gasteiger partial charge in [-0.25, -0.2) is 0 Å². The molecule has 1 amide bonds. The maximum Gasteiger partial charge on any atom is 0.246 e. The molecule has 0 aliphatic carbocycles. The number of aliphatic hydroxyl groups excluding tert-OH is 1. The first-order chi connectivity index (χ1) is 8.77. The van der Waals surface area contributed by atoms with Gasteiger partial charge < -0.3 is 19.2 Å². The van der Waals surface area contributed by atoms with E-state index in [0.717, 1.165) is 6.42 Å². The third-order valence-corrected chi connectivity index (χ3v) is 2.39. The molecular weight excluding hydrogens is 234 g/mol. The average Bonchev–Trinajstić information content (AvgIpc) is 2.88. The molecule has 0 atom stereocenters. The van der Waals surface area contributed by atoms with Gasteiger partial charge in [-0.15, -0.1) is 0 Å². The lowest BCUT2D eigenvalue weighted by Crippen LogP contribution is -2.33. The van der Waals surface area contributed by atoms with Crippen LogP contribution in [-0.4, -0.2) is 49.3 Å². The van der Waals surface area contributed by atoms with Gasteiger partial charge in [0.05, 0.1) is 12.9 Å². The standard InChI is InChI=1S/C13H19NO4/c1-17-10-3-7-14(8-9-15)13(16)6-5-12-4-2-11-18-12/h2,4-6,11,15H,3,7-10H2,1H3/b6-5+. The minimum Gasteiger partial charge on any atom is -0.465 e. The number of methoxy groups -OCH3 is 1. The number of ether oxygens (including phenoxy) is 1. The molecule has 0 bridgehead atoms. The van der Waals surface area contributed by atoms with Crippen LogP contribution in [0.15, 0.2) is 28.9 Å². The van der Waals surface area contributed by atoms with Crippen molar-refractivity contribution < 1.29 is 19.1 Å². The van der Waals surface area contributed by atoms with Crippen LogP contribution in [0, 0.1) is 0 Å². The maximum absolute atomic E-state index is 11.9. The Bertz CT molecular complexity index is 359. The fourth-order valence-corrected chi connectivity index (χ4v) is 1.50. The van der Waals surface area contributed by atoms with Crippen LogP contribution in [0.1, 0.15) is 12.2 Å². The summed E-state index contributed by atoms with van der Waals surface area (Å²) >= 11 is 0. The van der Waals surface area contributed by atoms with Gasteiger partial charge >= 0.3 is 0 Å². The Morgan fingerprint density at radius 3 is 3.00 bits per heavy atom. The molecule has 1 aromatic rings. The lowest BCUT2D eigenvalue weighted by atomic mass is 10.3. The molecule has 0 saturated heterocycles. The molecule has 0 aliphatic rings. The maximum atomic E-state index is 11.9. The first-order valence-corrected chi connectivity index (χ1v) is 5.88. The minimum atomic E-state index is -0.142. The molecule has 0 fully saturated rings. The first kappa shape index (κ1) is 14.5. The molecule has 1 heterocycles. The zero-order valence-corrected chi connectivity index (χ0v) is 10.5. The number of furan rings is 1. The Kier molecular flexibility index (Phi) is 6.83. The number of amides is 1. The predicted octanol–water partition coefficient (Wildman–Crippen LogP) is 1.15. The van der Waals surface area contributed by atoms with Crippen LogP contribution >= 0.6 is 0 Å². The molecule has 1 aromatic heterocycles. The Labute approximate surface area is 107 Å². The Morgan fingerprint density at radius 2 is 2.39 bits per heavy atom. The molecule has 18 heavy (non-hydrogen) atoms. The summed E-state index contributed by atoms with van der Waals surface area (Å²) in [4.78, 5) is 13.4. The van der Waals surface area contributed by atoms with E-state index in [-0.39, 0.29) is 12.5 Å². The summed E-state index contributed by atoms with van der Waals surface area (Å²) < 4.78 is 10.0. The van der Waals surface area contributed by atoms with Crippen molar-refractivity contribution in [2.24, 2.45) is 0 Å². The third kappa shape index (κ3) is 5.16. The second kappa shape index (κ2) is 8.49. The molecule has 1 rings (SSSR count). The van der Waals surface area contributed by atoms with Gasteiger partial charge in [0.15, 0.2) is 0 Å². The Morgan fingerprint density at radius 1 is 1.56 bits per heavy atom. The SMILES string of the molecule is COCCCN(CCO)C(=O)/C=C/c1ccco1. The summed E-state index contributed by atoms with van der Waals surface area (Å²) in [5, 5.41) is 8.93. The van der Waals surface area contributed by atoms with Gasteiger partial charge in [-0.05, 0) is 24.6 Å². The minimum absolute atomic E-state index is 0.0483. The number of rotatable bonds is 8. The average molecular weight is 253 g/mol. The van der Waals surface area contributed by atoms with Gasteiger partial charge in [0.2, 0.25) is 5.91 Å². The number of hydrogen-bond acceptors (Lipinski definition) is 4. The van der Waals surface area contributed by atoms with E-state index in [2.05, 4.69) is 0 Å². The molecule has 0 radical (unpaired) electrons. The van der Waals surface area contributed by atoms with E-state index in [9.17, 15) is 4.79 Å². The highest BCUT2D eigenvalue weighted by atomic mass is 16.5. The highest BCUT2D eigenvalue weighted by Gasteiger charge is 2.09. The second-order valence-corrected chi connectivity index (χ2v) is 3.74. The quantitative estimate of drug-likeness (QED) is 0.557. The highest BCUT2D eigenvalue weighted by molar-refractivity contribution is 5.91. The highest BCUT2D eigenvalue weighted by Crippen LogP contribution is 2.03. The lowest BCUT2D eigenvalue weighted by Gasteiger charge is -2.19. The molecule has 0 spiro atoms.